The van der Waals surface area contributed by atoms with E-state index >= 15 is 0 Å². The second-order valence-corrected chi connectivity index (χ2v) is 7.90. The largest absolute Gasteiger partial charge is 0.497 e. The second-order valence-electron chi connectivity index (χ2n) is 7.90. The summed E-state index contributed by atoms with van der Waals surface area (Å²) in [6.07, 6.45) is -0.740. The Kier molecular flexibility index (Phi) is 6.49. The predicted octanol–water partition coefficient (Wildman–Crippen LogP) is 4.26. The zero-order chi connectivity index (χ0) is 24.2. The van der Waals surface area contributed by atoms with Gasteiger partial charge >= 0.3 is 12.1 Å². The third kappa shape index (κ3) is 4.56. The lowest BCUT2D eigenvalue weighted by molar-refractivity contribution is -0.138. The topological polar surface area (TPSA) is 114 Å². The van der Waals surface area contributed by atoms with Crippen LogP contribution in [0, 0.1) is 0 Å². The van der Waals surface area contributed by atoms with Crippen molar-refractivity contribution >= 4 is 23.7 Å². The number of carboxylic acids is 1. The van der Waals surface area contributed by atoms with Gasteiger partial charge in [0.05, 0.1) is 18.4 Å². The number of ether oxygens (including phenoxy) is 2. The van der Waals surface area contributed by atoms with Crippen LogP contribution in [0.25, 0.3) is 11.1 Å². The molecule has 0 fully saturated rings. The average Bonchev–Trinajstić information content (AvgIpc) is 3.16. The third-order valence-corrected chi connectivity index (χ3v) is 5.77. The Balaban J connectivity index is 1.50. The van der Waals surface area contributed by atoms with Gasteiger partial charge in [-0.3, -0.25) is 14.9 Å². The van der Waals surface area contributed by atoms with Gasteiger partial charge in [-0.2, -0.15) is 0 Å². The van der Waals surface area contributed by atoms with E-state index in [1.54, 1.807) is 6.07 Å². The van der Waals surface area contributed by atoms with Crippen LogP contribution >= 0.6 is 0 Å². The molecule has 1 aliphatic rings. The number of aliphatic carboxylic acids is 1. The van der Waals surface area contributed by atoms with Crippen LogP contribution in [-0.4, -0.2) is 42.8 Å². The molecule has 1 atom stereocenters. The first-order chi connectivity index (χ1) is 16.4. The number of carbonyl (C=O) groups excluding carboxylic acids is 2. The number of fused-ring (bicyclic) bond motifs is 3. The van der Waals surface area contributed by atoms with E-state index in [2.05, 4.69) is 10.6 Å². The number of hydrogen-bond acceptors (Lipinski definition) is 5. The Morgan fingerprint density at radius 2 is 1.59 bits per heavy atom. The van der Waals surface area contributed by atoms with Gasteiger partial charge in [0.25, 0.3) is 5.91 Å². The monoisotopic (exact) mass is 460 g/mol. The fourth-order valence-electron chi connectivity index (χ4n) is 4.03. The molecule has 4 rings (SSSR count). The summed E-state index contributed by atoms with van der Waals surface area (Å²) in [5, 5.41) is 14.0. The van der Waals surface area contributed by atoms with Gasteiger partial charge in [-0.1, -0.05) is 48.5 Å². The molecule has 1 aliphatic carbocycles. The smallest absolute Gasteiger partial charge is 0.411 e. The fraction of sp³-hybridized carbons (Fsp3) is 0.192. The van der Waals surface area contributed by atoms with Crippen LogP contribution in [0.5, 0.6) is 5.75 Å². The van der Waals surface area contributed by atoms with E-state index < -0.39 is 24.0 Å². The van der Waals surface area contributed by atoms with E-state index in [1.807, 2.05) is 48.5 Å². The van der Waals surface area contributed by atoms with E-state index in [1.165, 1.54) is 26.2 Å². The second kappa shape index (κ2) is 9.66. The molecule has 0 aromatic heterocycles. The van der Waals surface area contributed by atoms with Crippen molar-refractivity contribution in [3.8, 4) is 16.9 Å². The van der Waals surface area contributed by atoms with Gasteiger partial charge in [-0.15, -0.1) is 0 Å². The minimum atomic E-state index is -1.17. The Morgan fingerprint density at radius 1 is 0.971 bits per heavy atom. The van der Waals surface area contributed by atoms with Crippen molar-refractivity contribution in [1.29, 1.82) is 0 Å². The minimum Gasteiger partial charge on any atom is -0.497 e. The van der Waals surface area contributed by atoms with Crippen molar-refractivity contribution in [1.82, 2.24) is 5.32 Å². The summed E-state index contributed by atoms with van der Waals surface area (Å²) in [5.41, 5.74) is 4.63. The standard InChI is InChI=1S/C26H24N2O6/c1-15(25(30)31)27-24(29)21-12-11-16(33-2)13-23(21)28-26(32)34-14-22-19-9-5-3-7-17(19)18-8-4-6-10-20(18)22/h3-13,15,22H,14H2,1-2H3,(H,27,29)(H,28,32)(H,30,31). The van der Waals surface area contributed by atoms with E-state index in [4.69, 9.17) is 14.6 Å². The summed E-state index contributed by atoms with van der Waals surface area (Å²) in [6.45, 7) is 1.46. The molecule has 0 bridgehead atoms. The van der Waals surface area contributed by atoms with Crippen LogP contribution < -0.4 is 15.4 Å². The molecule has 3 aromatic rings. The van der Waals surface area contributed by atoms with Crippen LogP contribution in [0.3, 0.4) is 0 Å². The molecule has 0 aliphatic heterocycles. The first-order valence-electron chi connectivity index (χ1n) is 10.7. The number of hydrogen-bond donors (Lipinski definition) is 3. The van der Waals surface area contributed by atoms with Gasteiger partial charge in [0.2, 0.25) is 0 Å². The molecule has 0 heterocycles. The molecule has 3 aromatic carbocycles. The Morgan fingerprint density at radius 3 is 2.18 bits per heavy atom. The van der Waals surface area contributed by atoms with E-state index in [0.29, 0.717) is 5.75 Å². The molecule has 8 heteroatoms. The first-order valence-corrected chi connectivity index (χ1v) is 10.7. The molecular formula is C26H24N2O6. The van der Waals surface area contributed by atoms with Crippen LogP contribution in [-0.2, 0) is 9.53 Å². The fourth-order valence-corrected chi connectivity index (χ4v) is 4.03. The Hall–Kier alpha value is -4.33. The van der Waals surface area contributed by atoms with Crippen molar-refractivity contribution in [2.24, 2.45) is 0 Å². The maximum atomic E-state index is 12.7. The molecule has 0 spiro atoms. The highest BCUT2D eigenvalue weighted by molar-refractivity contribution is 6.04. The van der Waals surface area contributed by atoms with Crippen LogP contribution in [0.1, 0.15) is 34.3 Å². The molecule has 0 saturated carbocycles. The van der Waals surface area contributed by atoms with Crippen molar-refractivity contribution < 1.29 is 29.0 Å². The number of rotatable bonds is 7. The molecule has 34 heavy (non-hydrogen) atoms. The Labute approximate surface area is 196 Å². The summed E-state index contributed by atoms with van der Waals surface area (Å²) < 4.78 is 10.7. The number of carbonyl (C=O) groups is 3. The summed E-state index contributed by atoms with van der Waals surface area (Å²) in [6, 6.07) is 19.4. The van der Waals surface area contributed by atoms with Crippen molar-refractivity contribution in [3.63, 3.8) is 0 Å². The van der Waals surface area contributed by atoms with Gasteiger partial charge in [-0.05, 0) is 41.3 Å². The van der Waals surface area contributed by atoms with E-state index in [0.717, 1.165) is 22.3 Å². The Bertz CT molecular complexity index is 1210. The van der Waals surface area contributed by atoms with Crippen molar-refractivity contribution in [2.45, 2.75) is 18.9 Å². The van der Waals surface area contributed by atoms with Gasteiger partial charge in [0.15, 0.2) is 0 Å². The number of nitrogens with one attached hydrogen (secondary N) is 2. The van der Waals surface area contributed by atoms with Crippen LogP contribution in [0.15, 0.2) is 66.7 Å². The highest BCUT2D eigenvalue weighted by Crippen LogP contribution is 2.44. The molecule has 0 saturated heterocycles. The normalized spacial score (nSPS) is 12.8. The van der Waals surface area contributed by atoms with Crippen LogP contribution in [0.2, 0.25) is 0 Å². The number of methoxy groups -OCH3 is 1. The minimum absolute atomic E-state index is 0.0856. The summed E-state index contributed by atoms with van der Waals surface area (Å²) in [7, 11) is 1.46. The molecule has 0 radical (unpaired) electrons. The maximum absolute atomic E-state index is 12.7. The zero-order valence-corrected chi connectivity index (χ0v) is 18.7. The quantitative estimate of drug-likeness (QED) is 0.486. The first kappa shape index (κ1) is 22.8. The maximum Gasteiger partial charge on any atom is 0.411 e. The number of carboxylic acid groups (broad SMARTS) is 1. The highest BCUT2D eigenvalue weighted by atomic mass is 16.5. The molecule has 174 valence electrons. The molecule has 1 unspecified atom stereocenters. The predicted molar refractivity (Wildman–Crippen MR) is 126 cm³/mol. The van der Waals surface area contributed by atoms with Crippen LogP contribution in [0.4, 0.5) is 10.5 Å². The van der Waals surface area contributed by atoms with Crippen molar-refractivity contribution in [2.75, 3.05) is 19.0 Å². The van der Waals surface area contributed by atoms with Gasteiger partial charge in [0, 0.05) is 12.0 Å². The molecular weight excluding hydrogens is 436 g/mol. The van der Waals surface area contributed by atoms with Gasteiger partial charge in [-0.25, -0.2) is 4.79 Å². The summed E-state index contributed by atoms with van der Waals surface area (Å²) in [4.78, 5) is 36.4. The SMILES string of the molecule is COc1ccc(C(=O)NC(C)C(=O)O)c(NC(=O)OCC2c3ccccc3-c3ccccc32)c1. The molecule has 8 nitrogen and oxygen atoms in total. The molecule has 3 N–H and O–H groups in total. The number of amides is 2. The highest BCUT2D eigenvalue weighted by Gasteiger charge is 2.29. The van der Waals surface area contributed by atoms with E-state index in [9.17, 15) is 14.4 Å². The van der Waals surface area contributed by atoms with E-state index in [-0.39, 0.29) is 23.8 Å². The number of benzene rings is 3. The zero-order valence-electron chi connectivity index (χ0n) is 18.7. The van der Waals surface area contributed by atoms with Gasteiger partial charge < -0.3 is 19.9 Å². The van der Waals surface area contributed by atoms with Gasteiger partial charge in [0.1, 0.15) is 18.4 Å². The van der Waals surface area contributed by atoms with Crippen molar-refractivity contribution in [3.05, 3.63) is 83.4 Å². The summed E-state index contributed by atoms with van der Waals surface area (Å²) in [5.74, 6) is -1.51. The lowest BCUT2D eigenvalue weighted by Gasteiger charge is -2.17. The molecule has 2 amide bonds. The summed E-state index contributed by atoms with van der Waals surface area (Å²) >= 11 is 0. The third-order valence-electron chi connectivity index (χ3n) is 5.77. The lowest BCUT2D eigenvalue weighted by atomic mass is 9.98. The average molecular weight is 460 g/mol. The number of anilines is 1. The lowest BCUT2D eigenvalue weighted by Crippen LogP contribution is -2.38.